The highest BCUT2D eigenvalue weighted by Crippen LogP contribution is 2.34. The van der Waals surface area contributed by atoms with Crippen molar-refractivity contribution in [1.82, 2.24) is 4.90 Å². The molecule has 0 unspecified atom stereocenters. The summed E-state index contributed by atoms with van der Waals surface area (Å²) in [4.78, 5) is 36.6. The Bertz CT molecular complexity index is 923. The molecule has 2 aromatic carbocycles. The third-order valence-electron chi connectivity index (χ3n) is 4.05. The van der Waals surface area contributed by atoms with Gasteiger partial charge in [-0.3, -0.25) is 14.5 Å². The number of hydrogen-bond donors (Lipinski definition) is 0. The fraction of sp³-hybridized carbons (Fsp3) is 0.100. The van der Waals surface area contributed by atoms with Crippen molar-refractivity contribution in [3.8, 4) is 0 Å². The van der Waals surface area contributed by atoms with Crippen LogP contribution in [0.5, 0.6) is 0 Å². The minimum atomic E-state index is -1.35. The van der Waals surface area contributed by atoms with Gasteiger partial charge in [0, 0.05) is 5.56 Å². The van der Waals surface area contributed by atoms with Crippen molar-refractivity contribution in [2.24, 2.45) is 0 Å². The molecule has 1 aliphatic heterocycles. The Morgan fingerprint density at radius 3 is 2.33 bits per heavy atom. The Labute approximate surface area is 165 Å². The molecule has 1 atom stereocenters. The predicted octanol–water partition coefficient (Wildman–Crippen LogP) is 2.06. The topological polar surface area (TPSA) is 77.5 Å². The standard InChI is InChI=1S/C20H15NO4S2/c22-12-15-8-6-14(7-9-15)11-17-18(23)21(20(26)27-17)16(19(24)25)10-13-4-2-1-3-5-13/h1-9,11-12,16H,10H2,(H,24,25)/p-1/b17-11-/t16-/m1/s1. The monoisotopic (exact) mass is 396 g/mol. The molecule has 0 spiro atoms. The van der Waals surface area contributed by atoms with Gasteiger partial charge in [0.15, 0.2) is 0 Å². The molecular formula is C20H14NO4S2-. The molecule has 0 radical (unpaired) electrons. The number of nitrogens with zero attached hydrogens (tertiary/aromatic N) is 1. The number of carboxylic acid groups (broad SMARTS) is 1. The molecule has 1 heterocycles. The van der Waals surface area contributed by atoms with Crippen LogP contribution >= 0.6 is 24.0 Å². The lowest BCUT2D eigenvalue weighted by atomic mass is 10.0. The molecule has 0 N–H and O–H groups in total. The van der Waals surface area contributed by atoms with E-state index in [2.05, 4.69) is 0 Å². The van der Waals surface area contributed by atoms with Crippen molar-refractivity contribution in [3.05, 3.63) is 76.2 Å². The van der Waals surface area contributed by atoms with Gasteiger partial charge >= 0.3 is 0 Å². The first-order valence-corrected chi connectivity index (χ1v) is 9.29. The van der Waals surface area contributed by atoms with Crippen LogP contribution in [0.25, 0.3) is 6.08 Å². The summed E-state index contributed by atoms with van der Waals surface area (Å²) in [6.45, 7) is 0. The van der Waals surface area contributed by atoms with Crippen LogP contribution in [0, 0.1) is 0 Å². The largest absolute Gasteiger partial charge is 0.548 e. The number of carbonyl (C=O) groups excluding carboxylic acids is 3. The summed E-state index contributed by atoms with van der Waals surface area (Å²) in [6, 6.07) is 14.5. The number of aliphatic carboxylic acids is 1. The number of rotatable bonds is 6. The summed E-state index contributed by atoms with van der Waals surface area (Å²) in [5.41, 5.74) is 2.02. The summed E-state index contributed by atoms with van der Waals surface area (Å²) in [5, 5.41) is 11.7. The highest BCUT2D eigenvalue weighted by atomic mass is 32.2. The maximum Gasteiger partial charge on any atom is 0.266 e. The Morgan fingerprint density at radius 2 is 1.74 bits per heavy atom. The molecule has 1 fully saturated rings. The Balaban J connectivity index is 1.85. The third-order valence-corrected chi connectivity index (χ3v) is 5.38. The minimum absolute atomic E-state index is 0.108. The van der Waals surface area contributed by atoms with Gasteiger partial charge < -0.3 is 9.90 Å². The van der Waals surface area contributed by atoms with Crippen LogP contribution in [0.15, 0.2) is 59.5 Å². The Hall–Kier alpha value is -2.77. The van der Waals surface area contributed by atoms with Crippen LogP contribution in [0.3, 0.4) is 0 Å². The van der Waals surface area contributed by atoms with E-state index in [4.69, 9.17) is 12.2 Å². The second kappa shape index (κ2) is 8.28. The fourth-order valence-electron chi connectivity index (χ4n) is 2.69. The summed E-state index contributed by atoms with van der Waals surface area (Å²) >= 11 is 6.30. The van der Waals surface area contributed by atoms with Crippen molar-refractivity contribution < 1.29 is 19.5 Å². The van der Waals surface area contributed by atoms with Crippen molar-refractivity contribution in [2.45, 2.75) is 12.5 Å². The van der Waals surface area contributed by atoms with E-state index in [1.807, 2.05) is 6.07 Å². The van der Waals surface area contributed by atoms with Crippen LogP contribution in [-0.4, -0.2) is 33.4 Å². The van der Waals surface area contributed by atoms with Crippen molar-refractivity contribution >= 4 is 52.5 Å². The number of hydrogen-bond acceptors (Lipinski definition) is 6. The molecule has 7 heteroatoms. The lowest BCUT2D eigenvalue weighted by Gasteiger charge is -2.27. The van der Waals surface area contributed by atoms with E-state index >= 15 is 0 Å². The van der Waals surface area contributed by atoms with E-state index in [-0.39, 0.29) is 10.7 Å². The zero-order chi connectivity index (χ0) is 19.4. The van der Waals surface area contributed by atoms with E-state index in [0.717, 1.165) is 28.5 Å². The molecule has 0 bridgehead atoms. The zero-order valence-corrected chi connectivity index (χ0v) is 15.7. The molecule has 0 aliphatic carbocycles. The fourth-order valence-corrected chi connectivity index (χ4v) is 4.04. The average Bonchev–Trinajstić information content (AvgIpc) is 2.94. The molecule has 1 saturated heterocycles. The van der Waals surface area contributed by atoms with Crippen LogP contribution in [-0.2, 0) is 16.0 Å². The molecule has 136 valence electrons. The summed E-state index contributed by atoms with van der Waals surface area (Å²) in [6.07, 6.45) is 2.47. The van der Waals surface area contributed by atoms with Crippen molar-refractivity contribution in [3.63, 3.8) is 0 Å². The third kappa shape index (κ3) is 4.32. The minimum Gasteiger partial charge on any atom is -0.548 e. The highest BCUT2D eigenvalue weighted by Gasteiger charge is 2.37. The maximum atomic E-state index is 12.8. The van der Waals surface area contributed by atoms with Crippen LogP contribution in [0.1, 0.15) is 21.5 Å². The van der Waals surface area contributed by atoms with Gasteiger partial charge in [-0.25, -0.2) is 0 Å². The van der Waals surface area contributed by atoms with Gasteiger partial charge in [-0.15, -0.1) is 0 Å². The first kappa shape index (κ1) is 19.0. The maximum absolute atomic E-state index is 12.8. The van der Waals surface area contributed by atoms with E-state index in [9.17, 15) is 19.5 Å². The molecule has 1 amide bonds. The molecule has 5 nitrogen and oxygen atoms in total. The van der Waals surface area contributed by atoms with E-state index in [1.54, 1.807) is 54.6 Å². The first-order chi connectivity index (χ1) is 13.0. The molecule has 1 aliphatic rings. The normalized spacial score (nSPS) is 16.6. The van der Waals surface area contributed by atoms with E-state index in [0.29, 0.717) is 16.0 Å². The van der Waals surface area contributed by atoms with Gasteiger partial charge in [-0.05, 0) is 23.6 Å². The van der Waals surface area contributed by atoms with Crippen LogP contribution < -0.4 is 5.11 Å². The quantitative estimate of drug-likeness (QED) is 0.423. The lowest BCUT2D eigenvalue weighted by molar-refractivity contribution is -0.310. The van der Waals surface area contributed by atoms with E-state index in [1.165, 1.54) is 0 Å². The number of carboxylic acids is 1. The average molecular weight is 396 g/mol. The van der Waals surface area contributed by atoms with Gasteiger partial charge in [0.25, 0.3) is 5.91 Å². The molecular weight excluding hydrogens is 382 g/mol. The number of amides is 1. The number of carbonyl (C=O) groups is 3. The Morgan fingerprint density at radius 1 is 1.11 bits per heavy atom. The van der Waals surface area contributed by atoms with E-state index < -0.39 is 17.9 Å². The van der Waals surface area contributed by atoms with Gasteiger partial charge in [0.05, 0.1) is 16.9 Å². The molecule has 27 heavy (non-hydrogen) atoms. The molecule has 0 aromatic heterocycles. The summed E-state index contributed by atoms with van der Waals surface area (Å²) in [7, 11) is 0. The number of thiocarbonyl (C=S) groups is 1. The zero-order valence-electron chi connectivity index (χ0n) is 14.0. The van der Waals surface area contributed by atoms with Gasteiger partial charge in [0.2, 0.25) is 0 Å². The highest BCUT2D eigenvalue weighted by molar-refractivity contribution is 8.26. The van der Waals surface area contributed by atoms with Gasteiger partial charge in [0.1, 0.15) is 10.6 Å². The van der Waals surface area contributed by atoms with Gasteiger partial charge in [-0.2, -0.15) is 0 Å². The van der Waals surface area contributed by atoms with Crippen molar-refractivity contribution in [1.29, 1.82) is 0 Å². The smallest absolute Gasteiger partial charge is 0.266 e. The number of thioether (sulfide) groups is 1. The Kier molecular flexibility index (Phi) is 5.83. The second-order valence-electron chi connectivity index (χ2n) is 5.86. The molecule has 3 rings (SSSR count). The van der Waals surface area contributed by atoms with Crippen LogP contribution in [0.2, 0.25) is 0 Å². The number of benzene rings is 2. The number of aldehydes is 1. The van der Waals surface area contributed by atoms with Gasteiger partial charge in [-0.1, -0.05) is 78.6 Å². The SMILES string of the molecule is O=Cc1ccc(/C=C2\SC(=S)N([C@H](Cc3ccccc3)C(=O)[O-])C2=O)cc1. The molecule has 0 saturated carbocycles. The van der Waals surface area contributed by atoms with Crippen LogP contribution in [0.4, 0.5) is 0 Å². The summed E-state index contributed by atoms with van der Waals surface area (Å²) < 4.78 is 0.181. The lowest BCUT2D eigenvalue weighted by Crippen LogP contribution is -2.51. The predicted molar refractivity (Wildman–Crippen MR) is 106 cm³/mol. The summed E-state index contributed by atoms with van der Waals surface area (Å²) in [5.74, 6) is -1.82. The first-order valence-electron chi connectivity index (χ1n) is 8.06. The molecule has 2 aromatic rings. The van der Waals surface area contributed by atoms with Crippen molar-refractivity contribution in [2.75, 3.05) is 0 Å². The second-order valence-corrected chi connectivity index (χ2v) is 7.54.